The number of aldehydes is 1. The highest BCUT2D eigenvalue weighted by molar-refractivity contribution is 7.86. The Morgan fingerprint density at radius 1 is 0.673 bits per heavy atom. The van der Waals surface area contributed by atoms with E-state index in [4.69, 9.17) is 4.74 Å². The second kappa shape index (κ2) is 13.8. The maximum atomic E-state index is 14.5. The van der Waals surface area contributed by atoms with E-state index in [1.807, 2.05) is 42.5 Å². The monoisotopic (exact) mass is 697 g/mol. The minimum atomic E-state index is -4.41. The first-order valence-corrected chi connectivity index (χ1v) is 18.1. The third kappa shape index (κ3) is 7.95. The van der Waals surface area contributed by atoms with Crippen LogP contribution in [-0.4, -0.2) is 43.0 Å². The lowest BCUT2D eigenvalue weighted by Gasteiger charge is -2.22. The van der Waals surface area contributed by atoms with E-state index < -0.39 is 20.2 Å². The molecule has 1 aliphatic heterocycles. The fourth-order valence-electron chi connectivity index (χ4n) is 5.87. The largest absolute Gasteiger partial charge is 0.488 e. The van der Waals surface area contributed by atoms with Crippen LogP contribution in [0.25, 0.3) is 0 Å². The lowest BCUT2D eigenvalue weighted by atomic mass is 9.93. The number of carbonyl (C=O) groups excluding carboxylic acids is 2. The van der Waals surface area contributed by atoms with Crippen molar-refractivity contribution in [1.29, 1.82) is 0 Å². The standard InChI is InChI=1S/C37H31NO9S2/c39-23-28-6-11-30-21-38(22-32(30)18-28)37(40)36-31(17-26-9-14-34(15-10-26)49(44,45)46)19-29(16-25-7-12-33(13-8-25)48(41,42)43)20-35(36)47-24-27-4-2-1-3-5-27/h1-15,18-20,23H,16-17,21-22,24H2,(H,41,42,43)(H,44,45,46). The number of ether oxygens (including phenoxy) is 1. The van der Waals surface area contributed by atoms with Crippen molar-refractivity contribution >= 4 is 32.4 Å². The number of fused-ring (bicyclic) bond motifs is 1. The molecule has 0 unspecified atom stereocenters. The Hall–Kier alpha value is -5.14. The molecule has 0 radical (unpaired) electrons. The molecule has 0 aliphatic carbocycles. The van der Waals surface area contributed by atoms with Crippen molar-refractivity contribution in [2.75, 3.05) is 0 Å². The lowest BCUT2D eigenvalue weighted by Crippen LogP contribution is -2.27. The number of hydrogen-bond donors (Lipinski definition) is 2. The van der Waals surface area contributed by atoms with E-state index in [2.05, 4.69) is 0 Å². The lowest BCUT2D eigenvalue weighted by molar-refractivity contribution is 0.0745. The van der Waals surface area contributed by atoms with Gasteiger partial charge in [0.05, 0.1) is 15.4 Å². The summed E-state index contributed by atoms with van der Waals surface area (Å²) in [5.74, 6) is 0.0375. The molecule has 1 heterocycles. The van der Waals surface area contributed by atoms with Gasteiger partial charge < -0.3 is 9.64 Å². The molecule has 1 amide bonds. The van der Waals surface area contributed by atoms with Gasteiger partial charge in [-0.05, 0) is 88.2 Å². The summed E-state index contributed by atoms with van der Waals surface area (Å²) in [6.07, 6.45) is 1.31. The van der Waals surface area contributed by atoms with Gasteiger partial charge in [0.2, 0.25) is 0 Å². The first-order valence-electron chi connectivity index (χ1n) is 15.2. The van der Waals surface area contributed by atoms with Gasteiger partial charge in [0.15, 0.2) is 0 Å². The molecule has 1 aliphatic rings. The summed E-state index contributed by atoms with van der Waals surface area (Å²) in [5.41, 5.74) is 6.29. The summed E-state index contributed by atoms with van der Waals surface area (Å²) >= 11 is 0. The van der Waals surface area contributed by atoms with Crippen LogP contribution in [0.5, 0.6) is 5.75 Å². The van der Waals surface area contributed by atoms with Crippen LogP contribution < -0.4 is 4.74 Å². The third-order valence-corrected chi connectivity index (χ3v) is 10.1. The van der Waals surface area contributed by atoms with Crippen molar-refractivity contribution in [2.24, 2.45) is 0 Å². The van der Waals surface area contributed by atoms with Crippen LogP contribution in [0.2, 0.25) is 0 Å². The fourth-order valence-corrected chi connectivity index (χ4v) is 6.83. The van der Waals surface area contributed by atoms with Gasteiger partial charge in [0.1, 0.15) is 18.6 Å². The predicted molar refractivity (Wildman–Crippen MR) is 181 cm³/mol. The first-order chi connectivity index (χ1) is 23.4. The van der Waals surface area contributed by atoms with Gasteiger partial charge >= 0.3 is 0 Å². The maximum absolute atomic E-state index is 14.5. The van der Waals surface area contributed by atoms with Gasteiger partial charge in [-0.2, -0.15) is 16.8 Å². The molecule has 0 fully saturated rings. The number of hydrogen-bond acceptors (Lipinski definition) is 7. The first kappa shape index (κ1) is 33.7. The summed E-state index contributed by atoms with van der Waals surface area (Å²) in [6, 6.07) is 30.0. The number of nitrogens with zero attached hydrogens (tertiary/aromatic N) is 1. The van der Waals surface area contributed by atoms with Crippen LogP contribution >= 0.6 is 0 Å². The quantitative estimate of drug-likeness (QED) is 0.127. The van der Waals surface area contributed by atoms with Crippen molar-refractivity contribution in [2.45, 2.75) is 42.3 Å². The summed E-state index contributed by atoms with van der Waals surface area (Å²) in [4.78, 5) is 27.1. The molecule has 0 atom stereocenters. The van der Waals surface area contributed by atoms with Crippen molar-refractivity contribution in [3.05, 3.63) is 159 Å². The zero-order valence-electron chi connectivity index (χ0n) is 26.0. The van der Waals surface area contributed by atoms with Crippen molar-refractivity contribution < 1.29 is 40.3 Å². The minimum Gasteiger partial charge on any atom is -0.488 e. The SMILES string of the molecule is O=Cc1ccc2c(c1)CN(C(=O)c1c(Cc3ccc(S(=O)(=O)O)cc3)cc(Cc3ccc(S(=O)(=O)O)cc3)cc1OCc1ccccc1)C2. The Kier molecular flexibility index (Phi) is 9.48. The van der Waals surface area contributed by atoms with Crippen LogP contribution in [-0.2, 0) is 52.8 Å². The van der Waals surface area contributed by atoms with E-state index >= 15 is 0 Å². The van der Waals surface area contributed by atoms with Crippen LogP contribution in [0.4, 0.5) is 0 Å². The topological polar surface area (TPSA) is 155 Å². The van der Waals surface area contributed by atoms with E-state index in [1.54, 1.807) is 47.4 Å². The molecule has 0 aromatic heterocycles. The smallest absolute Gasteiger partial charge is 0.294 e. The summed E-state index contributed by atoms with van der Waals surface area (Å²) in [7, 11) is -8.77. The molecule has 5 aromatic carbocycles. The fraction of sp³-hybridized carbons (Fsp3) is 0.135. The molecular formula is C37H31NO9S2. The Balaban J connectivity index is 1.43. The number of amides is 1. The van der Waals surface area contributed by atoms with E-state index in [-0.39, 0.29) is 28.7 Å². The van der Waals surface area contributed by atoms with Gasteiger partial charge in [-0.1, -0.05) is 72.8 Å². The normalized spacial score (nSPS) is 12.8. The number of carbonyl (C=O) groups is 2. The van der Waals surface area contributed by atoms with Gasteiger partial charge in [0, 0.05) is 18.7 Å². The molecule has 0 saturated heterocycles. The van der Waals surface area contributed by atoms with Gasteiger partial charge in [-0.25, -0.2) is 0 Å². The molecular weight excluding hydrogens is 667 g/mol. The molecule has 6 rings (SSSR count). The van der Waals surface area contributed by atoms with Crippen LogP contribution in [0, 0.1) is 0 Å². The average molecular weight is 698 g/mol. The molecule has 0 saturated carbocycles. The Labute approximate surface area is 284 Å². The van der Waals surface area contributed by atoms with E-state index in [0.29, 0.717) is 47.5 Å². The molecule has 0 bridgehead atoms. The molecule has 250 valence electrons. The second-order valence-corrected chi connectivity index (χ2v) is 14.6. The van der Waals surface area contributed by atoms with Crippen LogP contribution in [0.3, 0.4) is 0 Å². The van der Waals surface area contributed by atoms with E-state index in [0.717, 1.165) is 34.1 Å². The Bertz CT molecular complexity index is 2250. The summed E-state index contributed by atoms with van der Waals surface area (Å²) < 4.78 is 71.8. The van der Waals surface area contributed by atoms with Crippen molar-refractivity contribution in [3.63, 3.8) is 0 Å². The van der Waals surface area contributed by atoms with Crippen LogP contribution in [0.1, 0.15) is 59.7 Å². The zero-order valence-corrected chi connectivity index (χ0v) is 27.7. The highest BCUT2D eigenvalue weighted by atomic mass is 32.2. The van der Waals surface area contributed by atoms with Gasteiger partial charge in [-0.15, -0.1) is 0 Å². The summed E-state index contributed by atoms with van der Waals surface area (Å²) in [6.45, 7) is 0.785. The molecule has 2 N–H and O–H groups in total. The van der Waals surface area contributed by atoms with Gasteiger partial charge in [-0.3, -0.25) is 18.7 Å². The zero-order chi connectivity index (χ0) is 34.8. The third-order valence-electron chi connectivity index (χ3n) is 8.32. The minimum absolute atomic E-state index is 0.166. The van der Waals surface area contributed by atoms with E-state index in [9.17, 15) is 35.5 Å². The average Bonchev–Trinajstić information content (AvgIpc) is 3.51. The summed E-state index contributed by atoms with van der Waals surface area (Å²) in [5, 5.41) is 0. The molecule has 49 heavy (non-hydrogen) atoms. The number of rotatable bonds is 11. The second-order valence-electron chi connectivity index (χ2n) is 11.8. The molecule has 12 heteroatoms. The maximum Gasteiger partial charge on any atom is 0.294 e. The van der Waals surface area contributed by atoms with Crippen molar-refractivity contribution in [3.8, 4) is 5.75 Å². The molecule has 5 aromatic rings. The highest BCUT2D eigenvalue weighted by Gasteiger charge is 2.29. The Morgan fingerprint density at radius 2 is 1.27 bits per heavy atom. The molecule has 0 spiro atoms. The van der Waals surface area contributed by atoms with Crippen molar-refractivity contribution in [1.82, 2.24) is 4.90 Å². The van der Waals surface area contributed by atoms with E-state index in [1.165, 1.54) is 24.3 Å². The highest BCUT2D eigenvalue weighted by Crippen LogP contribution is 2.34. The van der Waals surface area contributed by atoms with Gasteiger partial charge in [0.25, 0.3) is 26.1 Å². The number of benzene rings is 5. The Morgan fingerprint density at radius 3 is 1.86 bits per heavy atom. The molecule has 10 nitrogen and oxygen atoms in total. The predicted octanol–water partition coefficient (Wildman–Crippen LogP) is 5.91. The van der Waals surface area contributed by atoms with Crippen LogP contribution in [0.15, 0.2) is 119 Å².